The maximum absolute atomic E-state index is 13.2. The Morgan fingerprint density at radius 2 is 1.55 bits per heavy atom. The minimum Gasteiger partial charge on any atom is -0.335 e. The summed E-state index contributed by atoms with van der Waals surface area (Å²) in [5.41, 5.74) is 2.46. The molecule has 0 fully saturated rings. The third-order valence-corrected chi connectivity index (χ3v) is 3.93. The smallest absolute Gasteiger partial charge is 0.309 e. The van der Waals surface area contributed by atoms with Crippen molar-refractivity contribution in [2.75, 3.05) is 4.90 Å². The van der Waals surface area contributed by atoms with E-state index in [-0.39, 0.29) is 0 Å². The van der Waals surface area contributed by atoms with Crippen molar-refractivity contribution < 1.29 is 8.09 Å². The van der Waals surface area contributed by atoms with Gasteiger partial charge in [-0.3, -0.25) is 0 Å². The highest BCUT2D eigenvalue weighted by atomic mass is 32.2. The van der Waals surface area contributed by atoms with E-state index in [1.807, 2.05) is 65.6 Å². The molecule has 0 saturated carbocycles. The van der Waals surface area contributed by atoms with Crippen molar-refractivity contribution >= 4 is 22.7 Å². The molecule has 1 aromatic heterocycles. The van der Waals surface area contributed by atoms with E-state index in [0.29, 0.717) is 12.2 Å². The van der Waals surface area contributed by atoms with E-state index in [0.717, 1.165) is 15.3 Å². The normalized spacial score (nSPS) is 12.0. The Morgan fingerprint density at radius 1 is 1.00 bits per heavy atom. The number of halogens is 1. The van der Waals surface area contributed by atoms with Crippen molar-refractivity contribution in [2.45, 2.75) is 6.54 Å². The number of anilines is 2. The standard InChI is InChI=1S/C16H14FN3OS/c17-22(21)20-13-18-11-16(20)12-19(14-7-3-1-4-8-14)15-9-5-2-6-10-15/h1-11,13H,12H2. The van der Waals surface area contributed by atoms with Crippen LogP contribution in [0.1, 0.15) is 5.69 Å². The first-order valence-electron chi connectivity index (χ1n) is 6.73. The van der Waals surface area contributed by atoms with Crippen molar-refractivity contribution in [1.29, 1.82) is 0 Å². The monoisotopic (exact) mass is 315 g/mol. The lowest BCUT2D eigenvalue weighted by Gasteiger charge is -2.25. The van der Waals surface area contributed by atoms with Crippen molar-refractivity contribution in [3.05, 3.63) is 78.9 Å². The van der Waals surface area contributed by atoms with Gasteiger partial charge in [0.05, 0.1) is 18.4 Å². The van der Waals surface area contributed by atoms with E-state index >= 15 is 0 Å². The summed E-state index contributed by atoms with van der Waals surface area (Å²) in [6.45, 7) is 0.365. The number of para-hydroxylation sites is 2. The van der Waals surface area contributed by atoms with Crippen LogP contribution in [-0.4, -0.2) is 13.2 Å². The lowest BCUT2D eigenvalue weighted by Crippen LogP contribution is -2.19. The quantitative estimate of drug-likeness (QED) is 0.675. The molecule has 112 valence electrons. The van der Waals surface area contributed by atoms with Crippen molar-refractivity contribution in [3.8, 4) is 0 Å². The van der Waals surface area contributed by atoms with Crippen LogP contribution in [0.25, 0.3) is 0 Å². The second kappa shape index (κ2) is 6.53. The predicted molar refractivity (Wildman–Crippen MR) is 85.6 cm³/mol. The van der Waals surface area contributed by atoms with Crippen LogP contribution < -0.4 is 4.90 Å². The van der Waals surface area contributed by atoms with E-state index in [9.17, 15) is 8.09 Å². The van der Waals surface area contributed by atoms with E-state index in [1.165, 1.54) is 12.5 Å². The largest absolute Gasteiger partial charge is 0.335 e. The van der Waals surface area contributed by atoms with Gasteiger partial charge in [0.25, 0.3) is 0 Å². The Bertz CT molecular complexity index is 722. The number of nitrogens with zero attached hydrogens (tertiary/aromatic N) is 3. The fourth-order valence-electron chi connectivity index (χ4n) is 2.26. The second-order valence-electron chi connectivity index (χ2n) is 4.67. The molecule has 3 rings (SSSR count). The van der Waals surface area contributed by atoms with E-state index in [1.54, 1.807) is 0 Å². The third kappa shape index (κ3) is 3.07. The third-order valence-electron chi connectivity index (χ3n) is 3.29. The summed E-state index contributed by atoms with van der Waals surface area (Å²) in [4.78, 5) is 5.90. The molecule has 0 radical (unpaired) electrons. The summed E-state index contributed by atoms with van der Waals surface area (Å²) in [5, 5.41) is 0. The van der Waals surface area contributed by atoms with Gasteiger partial charge in [0, 0.05) is 11.4 Å². The van der Waals surface area contributed by atoms with Gasteiger partial charge in [0.15, 0.2) is 0 Å². The molecule has 0 bridgehead atoms. The molecule has 22 heavy (non-hydrogen) atoms. The highest BCUT2D eigenvalue weighted by Crippen LogP contribution is 2.27. The Hall–Kier alpha value is -2.47. The summed E-state index contributed by atoms with van der Waals surface area (Å²) in [7, 11) is 0. The molecule has 1 heterocycles. The van der Waals surface area contributed by atoms with Gasteiger partial charge in [-0.2, -0.15) is 4.21 Å². The maximum atomic E-state index is 13.2. The Labute approximate surface area is 130 Å². The lowest BCUT2D eigenvalue weighted by molar-refractivity contribution is 0.637. The molecular weight excluding hydrogens is 301 g/mol. The Morgan fingerprint density at radius 3 is 2.05 bits per heavy atom. The number of benzene rings is 2. The van der Waals surface area contributed by atoms with E-state index in [4.69, 9.17) is 0 Å². The molecule has 2 aromatic carbocycles. The van der Waals surface area contributed by atoms with Crippen LogP contribution in [0.4, 0.5) is 15.3 Å². The summed E-state index contributed by atoms with van der Waals surface area (Å²) in [5.74, 6) is 0. The van der Waals surface area contributed by atoms with Gasteiger partial charge in [-0.1, -0.05) is 36.4 Å². The molecule has 3 aromatic rings. The summed E-state index contributed by atoms with van der Waals surface area (Å²) in [6.07, 6.45) is 2.76. The van der Waals surface area contributed by atoms with Crippen molar-refractivity contribution in [3.63, 3.8) is 0 Å². The predicted octanol–water partition coefficient (Wildman–Crippen LogP) is 3.62. The number of imidazole rings is 1. The molecule has 0 N–H and O–H groups in total. The van der Waals surface area contributed by atoms with Gasteiger partial charge in [0.1, 0.15) is 6.33 Å². The molecule has 1 atom stereocenters. The minimum absolute atomic E-state index is 0.365. The zero-order valence-electron chi connectivity index (χ0n) is 11.7. The van der Waals surface area contributed by atoms with E-state index in [2.05, 4.69) is 4.98 Å². The van der Waals surface area contributed by atoms with Crippen molar-refractivity contribution in [1.82, 2.24) is 8.96 Å². The van der Waals surface area contributed by atoms with Gasteiger partial charge in [-0.25, -0.2) is 8.96 Å². The SMILES string of the molecule is O=S(F)n1cncc1CN(c1ccccc1)c1ccccc1. The minimum atomic E-state index is -2.61. The molecule has 0 amide bonds. The number of hydrogen-bond acceptors (Lipinski definition) is 3. The van der Waals surface area contributed by atoms with Gasteiger partial charge >= 0.3 is 11.4 Å². The van der Waals surface area contributed by atoms with Gasteiger partial charge in [-0.05, 0) is 24.3 Å². The van der Waals surface area contributed by atoms with Crippen LogP contribution in [0.5, 0.6) is 0 Å². The Balaban J connectivity index is 1.99. The molecule has 6 heteroatoms. The highest BCUT2D eigenvalue weighted by Gasteiger charge is 2.14. The van der Waals surface area contributed by atoms with Gasteiger partial charge in [0.2, 0.25) is 0 Å². The molecule has 0 saturated heterocycles. The fraction of sp³-hybridized carbons (Fsp3) is 0.0625. The van der Waals surface area contributed by atoms with Crippen LogP contribution in [0.2, 0.25) is 0 Å². The first-order chi connectivity index (χ1) is 10.8. The molecule has 0 aliphatic rings. The maximum Gasteiger partial charge on any atom is 0.309 e. The lowest BCUT2D eigenvalue weighted by atomic mass is 10.2. The topological polar surface area (TPSA) is 38.1 Å². The van der Waals surface area contributed by atoms with Crippen LogP contribution in [0.3, 0.4) is 0 Å². The number of aromatic nitrogens is 2. The van der Waals surface area contributed by atoms with Crippen LogP contribution in [0.15, 0.2) is 73.2 Å². The number of hydrogen-bond donors (Lipinski definition) is 0. The van der Waals surface area contributed by atoms with E-state index < -0.39 is 11.4 Å². The average molecular weight is 315 g/mol. The molecule has 0 aliphatic carbocycles. The first-order valence-corrected chi connectivity index (χ1v) is 7.74. The molecule has 0 aliphatic heterocycles. The highest BCUT2D eigenvalue weighted by molar-refractivity contribution is 7.78. The van der Waals surface area contributed by atoms with Gasteiger partial charge in [-0.15, -0.1) is 3.89 Å². The van der Waals surface area contributed by atoms with Crippen LogP contribution in [-0.2, 0) is 17.9 Å². The second-order valence-corrected chi connectivity index (χ2v) is 5.48. The number of rotatable bonds is 5. The summed E-state index contributed by atoms with van der Waals surface area (Å²) < 4.78 is 25.3. The van der Waals surface area contributed by atoms with Crippen LogP contribution >= 0.6 is 0 Å². The molecular formula is C16H14FN3OS. The van der Waals surface area contributed by atoms with Gasteiger partial charge < -0.3 is 4.90 Å². The summed E-state index contributed by atoms with van der Waals surface area (Å²) in [6, 6.07) is 19.5. The first kappa shape index (κ1) is 14.5. The fourth-order valence-corrected chi connectivity index (χ4v) is 2.68. The zero-order chi connectivity index (χ0) is 15.4. The molecule has 0 spiro atoms. The molecule has 4 nitrogen and oxygen atoms in total. The van der Waals surface area contributed by atoms with Crippen molar-refractivity contribution in [2.24, 2.45) is 0 Å². The zero-order valence-corrected chi connectivity index (χ0v) is 12.5. The molecule has 1 unspecified atom stereocenters. The van der Waals surface area contributed by atoms with Crippen LogP contribution in [0, 0.1) is 0 Å². The summed E-state index contributed by atoms with van der Waals surface area (Å²) >= 11 is -2.61. The Kier molecular flexibility index (Phi) is 4.29. The average Bonchev–Trinajstić information content (AvgIpc) is 3.03.